The van der Waals surface area contributed by atoms with Gasteiger partial charge in [-0.15, -0.1) is 0 Å². The number of nitrogens with zero attached hydrogens (tertiary/aromatic N) is 2. The molecule has 0 heterocycles. The van der Waals surface area contributed by atoms with E-state index in [4.69, 9.17) is 4.74 Å². The molecule has 0 fully saturated rings. The predicted molar refractivity (Wildman–Crippen MR) is 114 cm³/mol. The van der Waals surface area contributed by atoms with E-state index in [0.717, 1.165) is 36.5 Å². The molecule has 0 unspecified atom stereocenters. The summed E-state index contributed by atoms with van der Waals surface area (Å²) < 4.78 is 59.9. The molecule has 0 bridgehead atoms. The van der Waals surface area contributed by atoms with Crippen molar-refractivity contribution in [2.45, 2.75) is 4.90 Å². The summed E-state index contributed by atoms with van der Waals surface area (Å²) in [6.07, 6.45) is 1.02. The molecule has 0 saturated carbocycles. The fraction of sp³-hybridized carbons (Fsp3) is 0.0500. The molecule has 0 radical (unpaired) electrons. The molecule has 12 heteroatoms. The third-order valence-electron chi connectivity index (χ3n) is 4.16. The van der Waals surface area contributed by atoms with E-state index in [9.17, 15) is 27.3 Å². The lowest BCUT2D eigenvalue weighted by Gasteiger charge is -2.12. The maximum absolute atomic E-state index is 13.7. The summed E-state index contributed by atoms with van der Waals surface area (Å²) in [7, 11) is -2.83. The van der Waals surface area contributed by atoms with Crippen LogP contribution >= 0.6 is 0 Å². The predicted octanol–water partition coefficient (Wildman–Crippen LogP) is 4.13. The summed E-state index contributed by atoms with van der Waals surface area (Å²) in [6.45, 7) is 0. The Balaban J connectivity index is 1.92. The van der Waals surface area contributed by atoms with Gasteiger partial charge in [0.25, 0.3) is 15.7 Å². The summed E-state index contributed by atoms with van der Waals surface area (Å²) >= 11 is 0. The topological polar surface area (TPSA) is 123 Å². The van der Waals surface area contributed by atoms with Crippen LogP contribution in [-0.4, -0.2) is 26.7 Å². The monoisotopic (exact) mass is 462 g/mol. The minimum absolute atomic E-state index is 0.0541. The summed E-state index contributed by atoms with van der Waals surface area (Å²) in [4.78, 5) is 9.94. The molecule has 3 rings (SSSR count). The first-order chi connectivity index (χ1) is 15.2. The van der Waals surface area contributed by atoms with E-state index in [1.807, 2.05) is 0 Å². The molecule has 9 nitrogen and oxygen atoms in total. The van der Waals surface area contributed by atoms with Crippen LogP contribution in [0.1, 0.15) is 5.56 Å². The van der Waals surface area contributed by atoms with Crippen molar-refractivity contribution >= 4 is 33.3 Å². The number of anilines is 2. The van der Waals surface area contributed by atoms with E-state index < -0.39 is 37.2 Å². The van der Waals surface area contributed by atoms with Gasteiger partial charge in [0.2, 0.25) is 0 Å². The largest absolute Gasteiger partial charge is 0.497 e. The number of sulfonamides is 1. The highest BCUT2D eigenvalue weighted by molar-refractivity contribution is 7.92. The molecule has 0 aliphatic carbocycles. The lowest BCUT2D eigenvalue weighted by molar-refractivity contribution is -0.385. The number of ether oxygens (including phenoxy) is 1. The van der Waals surface area contributed by atoms with Gasteiger partial charge in [0.05, 0.1) is 23.9 Å². The summed E-state index contributed by atoms with van der Waals surface area (Å²) in [5.74, 6) is -1.12. The number of nitrogens with one attached hydrogen (secondary N) is 2. The van der Waals surface area contributed by atoms with E-state index in [1.54, 1.807) is 0 Å². The average molecular weight is 462 g/mol. The Hall–Kier alpha value is -4.06. The van der Waals surface area contributed by atoms with Gasteiger partial charge in [0, 0.05) is 29.4 Å². The molecular weight excluding hydrogens is 446 g/mol. The summed E-state index contributed by atoms with van der Waals surface area (Å²) in [6, 6.07) is 11.9. The molecule has 3 aromatic carbocycles. The third kappa shape index (κ3) is 5.35. The van der Waals surface area contributed by atoms with E-state index in [1.165, 1.54) is 31.4 Å². The average Bonchev–Trinajstić information content (AvgIpc) is 2.75. The molecule has 0 spiro atoms. The van der Waals surface area contributed by atoms with Gasteiger partial charge in [0.1, 0.15) is 22.3 Å². The molecule has 3 aromatic rings. The van der Waals surface area contributed by atoms with Crippen LogP contribution in [0.3, 0.4) is 0 Å². The van der Waals surface area contributed by atoms with Crippen molar-refractivity contribution in [1.82, 2.24) is 0 Å². The van der Waals surface area contributed by atoms with Crippen LogP contribution in [0.2, 0.25) is 0 Å². The zero-order chi connectivity index (χ0) is 23.3. The van der Waals surface area contributed by atoms with Gasteiger partial charge < -0.3 is 4.74 Å². The second-order valence-electron chi connectivity index (χ2n) is 6.31. The number of non-ortho nitro benzene ring substituents is 1. The van der Waals surface area contributed by atoms with Crippen LogP contribution in [0.25, 0.3) is 0 Å². The number of nitro benzene ring substituents is 1. The minimum atomic E-state index is -4.28. The van der Waals surface area contributed by atoms with Crippen LogP contribution in [-0.2, 0) is 10.0 Å². The molecule has 32 heavy (non-hydrogen) atoms. The summed E-state index contributed by atoms with van der Waals surface area (Å²) in [5.41, 5.74) is 2.01. The first kappa shape index (κ1) is 22.6. The van der Waals surface area contributed by atoms with Crippen LogP contribution < -0.4 is 14.9 Å². The van der Waals surface area contributed by atoms with Crippen molar-refractivity contribution in [3.8, 4) is 5.75 Å². The number of nitro groups is 1. The van der Waals surface area contributed by atoms with E-state index >= 15 is 0 Å². The van der Waals surface area contributed by atoms with Crippen molar-refractivity contribution in [2.75, 3.05) is 17.3 Å². The Morgan fingerprint density at radius 2 is 1.78 bits per heavy atom. The molecule has 0 aliphatic heterocycles. The van der Waals surface area contributed by atoms with Crippen LogP contribution in [0.15, 0.2) is 70.7 Å². The van der Waals surface area contributed by atoms with Gasteiger partial charge >= 0.3 is 0 Å². The number of rotatable bonds is 8. The zero-order valence-electron chi connectivity index (χ0n) is 16.5. The number of methoxy groups -OCH3 is 1. The van der Waals surface area contributed by atoms with E-state index in [2.05, 4.69) is 15.2 Å². The fourth-order valence-electron chi connectivity index (χ4n) is 2.59. The zero-order valence-corrected chi connectivity index (χ0v) is 17.3. The van der Waals surface area contributed by atoms with E-state index in [-0.39, 0.29) is 16.9 Å². The van der Waals surface area contributed by atoms with Gasteiger partial charge in [0.15, 0.2) is 0 Å². The Labute approximate surface area is 181 Å². The second kappa shape index (κ2) is 9.39. The molecule has 166 valence electrons. The van der Waals surface area contributed by atoms with Crippen LogP contribution in [0.4, 0.5) is 25.8 Å². The van der Waals surface area contributed by atoms with Gasteiger partial charge in [-0.25, -0.2) is 17.2 Å². The number of hydrogen-bond acceptors (Lipinski definition) is 7. The number of hydrazone groups is 1. The molecule has 0 aromatic heterocycles. The lowest BCUT2D eigenvalue weighted by atomic mass is 10.2. The smallest absolute Gasteiger partial charge is 0.270 e. The SMILES string of the molecule is COc1ccc(NS(=O)(=O)c2cc([N+](=O)[O-])ccc2N/N=C\c2ccc(F)cc2F)cc1. The Morgan fingerprint density at radius 1 is 1.06 bits per heavy atom. The second-order valence-corrected chi connectivity index (χ2v) is 7.96. The maximum Gasteiger partial charge on any atom is 0.270 e. The Morgan fingerprint density at radius 3 is 2.41 bits per heavy atom. The molecule has 0 amide bonds. The first-order valence-electron chi connectivity index (χ1n) is 8.89. The molecular formula is C20H16F2N4O5S. The molecule has 0 aliphatic rings. The standard InChI is InChI=1S/C20H16F2N4O5S/c1-31-17-7-4-15(5-8-17)25-32(29,30)20-11-16(26(27)28)6-9-19(20)24-23-12-13-2-3-14(21)10-18(13)22/h2-12,24-25H,1H3/b23-12-. The maximum atomic E-state index is 13.7. The van der Waals surface area contributed by atoms with Crippen LogP contribution in [0.5, 0.6) is 5.75 Å². The Bertz CT molecular complexity index is 1280. The highest BCUT2D eigenvalue weighted by atomic mass is 32.2. The number of halogens is 2. The van der Waals surface area contributed by atoms with Crippen molar-refractivity contribution < 1.29 is 26.9 Å². The number of benzene rings is 3. The molecule has 0 atom stereocenters. The molecule has 0 saturated heterocycles. The highest BCUT2D eigenvalue weighted by Crippen LogP contribution is 2.29. The van der Waals surface area contributed by atoms with Crippen LogP contribution in [0, 0.1) is 21.7 Å². The Kier molecular flexibility index (Phi) is 6.64. The third-order valence-corrected chi connectivity index (χ3v) is 5.58. The van der Waals surface area contributed by atoms with Crippen molar-refractivity contribution in [3.05, 3.63) is 88.0 Å². The molecule has 2 N–H and O–H groups in total. The summed E-state index contributed by atoms with van der Waals surface area (Å²) in [5, 5.41) is 14.9. The van der Waals surface area contributed by atoms with Gasteiger partial charge in [-0.1, -0.05) is 0 Å². The van der Waals surface area contributed by atoms with Crippen molar-refractivity contribution in [2.24, 2.45) is 5.10 Å². The highest BCUT2D eigenvalue weighted by Gasteiger charge is 2.22. The van der Waals surface area contributed by atoms with Gasteiger partial charge in [-0.3, -0.25) is 20.3 Å². The number of hydrogen-bond donors (Lipinski definition) is 2. The quantitative estimate of drug-likeness (QED) is 0.295. The van der Waals surface area contributed by atoms with Gasteiger partial charge in [-0.05, 0) is 42.5 Å². The minimum Gasteiger partial charge on any atom is -0.497 e. The normalized spacial score (nSPS) is 11.3. The van der Waals surface area contributed by atoms with Crippen molar-refractivity contribution in [1.29, 1.82) is 0 Å². The lowest BCUT2D eigenvalue weighted by Crippen LogP contribution is -2.15. The van der Waals surface area contributed by atoms with Crippen molar-refractivity contribution in [3.63, 3.8) is 0 Å². The van der Waals surface area contributed by atoms with Gasteiger partial charge in [-0.2, -0.15) is 5.10 Å². The fourth-order valence-corrected chi connectivity index (χ4v) is 3.82. The van der Waals surface area contributed by atoms with E-state index in [0.29, 0.717) is 11.8 Å². The first-order valence-corrected chi connectivity index (χ1v) is 10.4.